The van der Waals surface area contributed by atoms with Gasteiger partial charge in [0.25, 0.3) is 0 Å². The minimum absolute atomic E-state index is 0.180. The molecule has 2 saturated heterocycles. The molecule has 2 heterocycles. The topological polar surface area (TPSA) is 30.0 Å². The first-order valence-electron chi connectivity index (χ1n) is 7.61. The number of carbonyl (C=O) groups is 1. The van der Waals surface area contributed by atoms with Crippen LogP contribution in [0, 0.1) is 5.92 Å². The molecular weight excluding hydrogens is 276 g/mol. The Balaban J connectivity index is 1.64. The molecule has 0 radical (unpaired) electrons. The highest BCUT2D eigenvalue weighted by Crippen LogP contribution is 2.09. The molecule has 0 aromatic rings. The van der Waals surface area contributed by atoms with Gasteiger partial charge in [-0.2, -0.15) is 0 Å². The summed E-state index contributed by atoms with van der Waals surface area (Å²) >= 11 is 5.87. The molecule has 116 valence electrons. The maximum atomic E-state index is 11.8. The van der Waals surface area contributed by atoms with E-state index in [0.717, 1.165) is 64.8 Å². The molecule has 20 heavy (non-hydrogen) atoms. The lowest BCUT2D eigenvalue weighted by Gasteiger charge is -2.36. The third-order valence-electron chi connectivity index (χ3n) is 4.29. The molecule has 0 N–H and O–H groups in total. The summed E-state index contributed by atoms with van der Waals surface area (Å²) in [4.78, 5) is 20.5. The van der Waals surface area contributed by atoms with Crippen LogP contribution in [-0.4, -0.2) is 97.5 Å². The minimum Gasteiger partial charge on any atom is -0.326 e. The molecule has 2 rings (SSSR count). The fourth-order valence-electron chi connectivity index (χ4n) is 2.86. The molecule has 2 fully saturated rings. The number of rotatable bonds is 6. The van der Waals surface area contributed by atoms with Crippen LogP contribution in [0.2, 0.25) is 0 Å². The SMILES string of the molecule is CC(CCl)CN1CCN(CCN2CCN(C)C2=O)CC1. The zero-order valence-corrected chi connectivity index (χ0v) is 13.5. The van der Waals surface area contributed by atoms with Gasteiger partial charge in [-0.1, -0.05) is 6.92 Å². The predicted molar refractivity (Wildman–Crippen MR) is 82.4 cm³/mol. The number of alkyl halides is 1. The van der Waals surface area contributed by atoms with Gasteiger partial charge in [0.15, 0.2) is 0 Å². The summed E-state index contributed by atoms with van der Waals surface area (Å²) in [5.41, 5.74) is 0. The number of likely N-dealkylation sites (N-methyl/N-ethyl adjacent to an activating group) is 1. The largest absolute Gasteiger partial charge is 0.326 e. The van der Waals surface area contributed by atoms with Gasteiger partial charge in [0.2, 0.25) is 0 Å². The van der Waals surface area contributed by atoms with Crippen molar-refractivity contribution in [1.29, 1.82) is 0 Å². The second kappa shape index (κ2) is 7.48. The Hall–Kier alpha value is -0.520. The smallest absolute Gasteiger partial charge is 0.319 e. The van der Waals surface area contributed by atoms with Crippen LogP contribution in [0.25, 0.3) is 0 Å². The number of amides is 2. The van der Waals surface area contributed by atoms with Crippen molar-refractivity contribution in [1.82, 2.24) is 19.6 Å². The average Bonchev–Trinajstić information content (AvgIpc) is 2.78. The van der Waals surface area contributed by atoms with E-state index in [-0.39, 0.29) is 6.03 Å². The molecule has 0 bridgehead atoms. The van der Waals surface area contributed by atoms with E-state index in [4.69, 9.17) is 11.6 Å². The summed E-state index contributed by atoms with van der Waals surface area (Å²) in [5.74, 6) is 1.31. The predicted octanol–water partition coefficient (Wildman–Crippen LogP) is 0.846. The lowest BCUT2D eigenvalue weighted by molar-refractivity contribution is 0.115. The van der Waals surface area contributed by atoms with Crippen LogP contribution in [0.15, 0.2) is 0 Å². The van der Waals surface area contributed by atoms with Crippen molar-refractivity contribution in [2.45, 2.75) is 6.92 Å². The van der Waals surface area contributed by atoms with E-state index in [9.17, 15) is 4.79 Å². The maximum absolute atomic E-state index is 11.8. The molecule has 2 aliphatic heterocycles. The molecular formula is C14H27ClN4O. The summed E-state index contributed by atoms with van der Waals surface area (Å²) < 4.78 is 0. The van der Waals surface area contributed by atoms with Gasteiger partial charge in [-0.3, -0.25) is 4.90 Å². The molecule has 6 heteroatoms. The van der Waals surface area contributed by atoms with Crippen LogP contribution < -0.4 is 0 Å². The van der Waals surface area contributed by atoms with Crippen molar-refractivity contribution in [3.05, 3.63) is 0 Å². The lowest BCUT2D eigenvalue weighted by atomic mass is 10.2. The van der Waals surface area contributed by atoms with Crippen molar-refractivity contribution in [2.75, 3.05) is 71.8 Å². The van der Waals surface area contributed by atoms with Gasteiger partial charge in [0.1, 0.15) is 0 Å². The first-order valence-corrected chi connectivity index (χ1v) is 8.14. The van der Waals surface area contributed by atoms with Crippen LogP contribution in [0.3, 0.4) is 0 Å². The molecule has 1 unspecified atom stereocenters. The Labute approximate surface area is 127 Å². The normalized spacial score (nSPS) is 23.6. The van der Waals surface area contributed by atoms with Crippen molar-refractivity contribution < 1.29 is 4.79 Å². The standard InChI is InChI=1S/C14H27ClN4O/c1-13(11-15)12-18-6-4-17(5-7-18)8-10-19-9-3-16(2)14(19)20/h13H,3-12H2,1-2H3. The van der Waals surface area contributed by atoms with E-state index in [1.54, 1.807) is 4.90 Å². The fraction of sp³-hybridized carbons (Fsp3) is 0.929. The monoisotopic (exact) mass is 302 g/mol. The van der Waals surface area contributed by atoms with Crippen LogP contribution in [0.4, 0.5) is 4.79 Å². The summed E-state index contributed by atoms with van der Waals surface area (Å²) in [6.07, 6.45) is 0. The van der Waals surface area contributed by atoms with Crippen molar-refractivity contribution in [3.63, 3.8) is 0 Å². The van der Waals surface area contributed by atoms with Gasteiger partial charge in [-0.05, 0) is 5.92 Å². The maximum Gasteiger partial charge on any atom is 0.319 e. The van der Waals surface area contributed by atoms with E-state index in [1.165, 1.54) is 0 Å². The summed E-state index contributed by atoms with van der Waals surface area (Å²) in [6, 6.07) is 0.180. The average molecular weight is 303 g/mol. The highest BCUT2D eigenvalue weighted by molar-refractivity contribution is 6.18. The van der Waals surface area contributed by atoms with E-state index in [1.807, 2.05) is 11.9 Å². The Kier molecular flexibility index (Phi) is 5.93. The minimum atomic E-state index is 0.180. The summed E-state index contributed by atoms with van der Waals surface area (Å²) in [5, 5.41) is 0. The quantitative estimate of drug-likeness (QED) is 0.681. The Morgan fingerprint density at radius 1 is 1.05 bits per heavy atom. The number of carbonyl (C=O) groups excluding carboxylic acids is 1. The second-order valence-corrected chi connectivity index (χ2v) is 6.40. The molecule has 0 saturated carbocycles. The zero-order chi connectivity index (χ0) is 14.5. The van der Waals surface area contributed by atoms with Crippen molar-refractivity contribution >= 4 is 17.6 Å². The van der Waals surface area contributed by atoms with Crippen LogP contribution in [-0.2, 0) is 0 Å². The summed E-state index contributed by atoms with van der Waals surface area (Å²) in [6.45, 7) is 11.4. The Bertz CT molecular complexity index is 320. The molecule has 2 aliphatic rings. The molecule has 0 spiro atoms. The van der Waals surface area contributed by atoms with Gasteiger partial charge < -0.3 is 14.7 Å². The number of hydrogen-bond donors (Lipinski definition) is 0. The van der Waals surface area contributed by atoms with Gasteiger partial charge in [-0.25, -0.2) is 4.79 Å². The first-order chi connectivity index (χ1) is 9.60. The zero-order valence-electron chi connectivity index (χ0n) is 12.7. The van der Waals surface area contributed by atoms with Gasteiger partial charge in [-0.15, -0.1) is 11.6 Å². The van der Waals surface area contributed by atoms with Crippen molar-refractivity contribution in [2.24, 2.45) is 5.92 Å². The number of urea groups is 1. The Morgan fingerprint density at radius 3 is 2.25 bits per heavy atom. The van der Waals surface area contributed by atoms with Gasteiger partial charge in [0, 0.05) is 71.8 Å². The highest BCUT2D eigenvalue weighted by Gasteiger charge is 2.26. The summed E-state index contributed by atoms with van der Waals surface area (Å²) in [7, 11) is 1.87. The fourth-order valence-corrected chi connectivity index (χ4v) is 2.96. The molecule has 0 aromatic carbocycles. The first kappa shape index (κ1) is 15.9. The molecule has 1 atom stereocenters. The van der Waals surface area contributed by atoms with E-state index >= 15 is 0 Å². The number of piperazine rings is 1. The van der Waals surface area contributed by atoms with Gasteiger partial charge in [0.05, 0.1) is 0 Å². The van der Waals surface area contributed by atoms with Crippen molar-refractivity contribution in [3.8, 4) is 0 Å². The number of nitrogens with zero attached hydrogens (tertiary/aromatic N) is 4. The van der Waals surface area contributed by atoms with Crippen LogP contribution in [0.1, 0.15) is 6.92 Å². The second-order valence-electron chi connectivity index (χ2n) is 6.09. The lowest BCUT2D eigenvalue weighted by Crippen LogP contribution is -2.49. The van der Waals surface area contributed by atoms with E-state index in [2.05, 4.69) is 16.7 Å². The number of halogens is 1. The highest BCUT2D eigenvalue weighted by atomic mass is 35.5. The van der Waals surface area contributed by atoms with E-state index < -0.39 is 0 Å². The third-order valence-corrected chi connectivity index (χ3v) is 4.81. The molecule has 0 aliphatic carbocycles. The molecule has 0 aromatic heterocycles. The number of hydrogen-bond acceptors (Lipinski definition) is 3. The third kappa shape index (κ3) is 4.24. The van der Waals surface area contributed by atoms with Crippen LogP contribution >= 0.6 is 11.6 Å². The molecule has 2 amide bonds. The van der Waals surface area contributed by atoms with E-state index in [0.29, 0.717) is 5.92 Å². The Morgan fingerprint density at radius 2 is 1.70 bits per heavy atom. The van der Waals surface area contributed by atoms with Gasteiger partial charge >= 0.3 is 6.03 Å². The molecule has 5 nitrogen and oxygen atoms in total. The van der Waals surface area contributed by atoms with Crippen LogP contribution in [0.5, 0.6) is 0 Å².